The predicted octanol–water partition coefficient (Wildman–Crippen LogP) is 3.46. The van der Waals surface area contributed by atoms with Crippen LogP contribution in [0.5, 0.6) is 0 Å². The van der Waals surface area contributed by atoms with Crippen LogP contribution in [0.15, 0.2) is 6.07 Å². The molecule has 2 rings (SSSR count). The maximum atomic E-state index is 12.5. The summed E-state index contributed by atoms with van der Waals surface area (Å²) in [5, 5.41) is 2.77. The normalized spacial score (nSPS) is 20.8. The van der Waals surface area contributed by atoms with Crippen molar-refractivity contribution in [2.75, 3.05) is 16.8 Å². The molecular formula is C10H11ClF3N3S. The zero-order valence-corrected chi connectivity index (χ0v) is 10.9. The summed E-state index contributed by atoms with van der Waals surface area (Å²) in [5.74, 6) is 0.884. The molecule has 0 aromatic carbocycles. The summed E-state index contributed by atoms with van der Waals surface area (Å²) >= 11 is 7.35. The summed E-state index contributed by atoms with van der Waals surface area (Å²) < 4.78 is 37.5. The summed E-state index contributed by atoms with van der Waals surface area (Å²) in [4.78, 5) is 6.64. The molecule has 0 saturated carbocycles. The molecule has 2 heterocycles. The Labute approximate surface area is 112 Å². The molecular weight excluding hydrogens is 287 g/mol. The SMILES string of the molecule is FC(F)(F)c1nc(Cl)cc(NC2CCCSC2)n1. The topological polar surface area (TPSA) is 37.8 Å². The molecule has 1 saturated heterocycles. The van der Waals surface area contributed by atoms with Gasteiger partial charge in [0.2, 0.25) is 5.82 Å². The van der Waals surface area contributed by atoms with Crippen molar-refractivity contribution < 1.29 is 13.2 Å². The molecule has 3 nitrogen and oxygen atoms in total. The van der Waals surface area contributed by atoms with Crippen molar-refractivity contribution in [1.29, 1.82) is 0 Å². The molecule has 0 amide bonds. The number of nitrogens with zero attached hydrogens (tertiary/aromatic N) is 2. The van der Waals surface area contributed by atoms with Gasteiger partial charge in [-0.05, 0) is 18.6 Å². The van der Waals surface area contributed by atoms with Gasteiger partial charge in [-0.2, -0.15) is 24.9 Å². The summed E-state index contributed by atoms with van der Waals surface area (Å²) in [6.45, 7) is 0. The Morgan fingerprint density at radius 2 is 2.17 bits per heavy atom. The molecule has 1 N–H and O–H groups in total. The number of alkyl halides is 3. The van der Waals surface area contributed by atoms with Crippen LogP contribution in [0.2, 0.25) is 5.15 Å². The smallest absolute Gasteiger partial charge is 0.366 e. The minimum Gasteiger partial charge on any atom is -0.366 e. The number of hydrogen-bond donors (Lipinski definition) is 1. The summed E-state index contributed by atoms with van der Waals surface area (Å²) in [6.07, 6.45) is -2.61. The Kier molecular flexibility index (Phi) is 4.21. The van der Waals surface area contributed by atoms with Crippen molar-refractivity contribution in [3.8, 4) is 0 Å². The fourth-order valence-corrected chi connectivity index (χ4v) is 2.94. The molecule has 0 bridgehead atoms. The largest absolute Gasteiger partial charge is 0.451 e. The lowest BCUT2D eigenvalue weighted by Crippen LogP contribution is -2.26. The fraction of sp³-hybridized carbons (Fsp3) is 0.600. The number of rotatable bonds is 2. The van der Waals surface area contributed by atoms with Crippen molar-refractivity contribution >= 4 is 29.2 Å². The Bertz CT molecular complexity index is 421. The lowest BCUT2D eigenvalue weighted by atomic mass is 10.2. The highest BCUT2D eigenvalue weighted by Crippen LogP contribution is 2.29. The van der Waals surface area contributed by atoms with Crippen molar-refractivity contribution in [2.24, 2.45) is 0 Å². The van der Waals surface area contributed by atoms with E-state index >= 15 is 0 Å². The molecule has 0 aliphatic carbocycles. The average molecular weight is 298 g/mol. The predicted molar refractivity (Wildman–Crippen MR) is 66.0 cm³/mol. The van der Waals surface area contributed by atoms with Crippen molar-refractivity contribution in [3.05, 3.63) is 17.0 Å². The van der Waals surface area contributed by atoms with Gasteiger partial charge in [0.1, 0.15) is 11.0 Å². The van der Waals surface area contributed by atoms with E-state index in [1.54, 1.807) is 11.8 Å². The van der Waals surface area contributed by atoms with E-state index in [0.29, 0.717) is 0 Å². The van der Waals surface area contributed by atoms with Crippen LogP contribution < -0.4 is 5.32 Å². The van der Waals surface area contributed by atoms with Crippen molar-refractivity contribution in [1.82, 2.24) is 9.97 Å². The van der Waals surface area contributed by atoms with E-state index in [2.05, 4.69) is 15.3 Å². The van der Waals surface area contributed by atoms with Gasteiger partial charge in [0.25, 0.3) is 0 Å². The zero-order chi connectivity index (χ0) is 13.2. The van der Waals surface area contributed by atoms with Gasteiger partial charge in [-0.15, -0.1) is 0 Å². The fourth-order valence-electron chi connectivity index (χ4n) is 1.68. The number of thioether (sulfide) groups is 1. The average Bonchev–Trinajstić information content (AvgIpc) is 2.28. The van der Waals surface area contributed by atoms with E-state index in [9.17, 15) is 13.2 Å². The molecule has 1 aromatic heterocycles. The van der Waals surface area contributed by atoms with Gasteiger partial charge in [-0.3, -0.25) is 0 Å². The first-order valence-electron chi connectivity index (χ1n) is 5.41. The number of halogens is 4. The third kappa shape index (κ3) is 3.65. The van der Waals surface area contributed by atoms with Crippen LogP contribution >= 0.6 is 23.4 Å². The van der Waals surface area contributed by atoms with E-state index in [4.69, 9.17) is 11.6 Å². The Morgan fingerprint density at radius 1 is 1.39 bits per heavy atom. The first kappa shape index (κ1) is 13.7. The second kappa shape index (κ2) is 5.52. The molecule has 1 unspecified atom stereocenters. The van der Waals surface area contributed by atoms with Gasteiger partial charge < -0.3 is 5.32 Å². The Balaban J connectivity index is 2.14. The van der Waals surface area contributed by atoms with E-state index in [0.717, 1.165) is 24.3 Å². The zero-order valence-electron chi connectivity index (χ0n) is 9.30. The van der Waals surface area contributed by atoms with E-state index < -0.39 is 12.0 Å². The number of nitrogens with one attached hydrogen (secondary N) is 1. The molecule has 1 aliphatic heterocycles. The van der Waals surface area contributed by atoms with Gasteiger partial charge in [0, 0.05) is 17.9 Å². The van der Waals surface area contributed by atoms with Gasteiger partial charge in [0.05, 0.1) is 0 Å². The lowest BCUT2D eigenvalue weighted by Gasteiger charge is -2.23. The van der Waals surface area contributed by atoms with Crippen LogP contribution in [0.25, 0.3) is 0 Å². The Morgan fingerprint density at radius 3 is 2.78 bits per heavy atom. The summed E-state index contributed by atoms with van der Waals surface area (Å²) in [5.41, 5.74) is 0. The second-order valence-electron chi connectivity index (χ2n) is 3.96. The summed E-state index contributed by atoms with van der Waals surface area (Å²) in [6, 6.07) is 1.45. The third-order valence-corrected chi connectivity index (χ3v) is 3.87. The van der Waals surface area contributed by atoms with Crippen LogP contribution in [0.4, 0.5) is 19.0 Å². The number of anilines is 1. The van der Waals surface area contributed by atoms with Crippen LogP contribution in [-0.4, -0.2) is 27.5 Å². The number of hydrogen-bond acceptors (Lipinski definition) is 4. The molecule has 0 spiro atoms. The maximum Gasteiger partial charge on any atom is 0.451 e. The van der Waals surface area contributed by atoms with Gasteiger partial charge >= 0.3 is 6.18 Å². The monoisotopic (exact) mass is 297 g/mol. The molecule has 18 heavy (non-hydrogen) atoms. The molecule has 100 valence electrons. The van der Waals surface area contributed by atoms with Gasteiger partial charge in [-0.1, -0.05) is 11.6 Å². The first-order chi connectivity index (χ1) is 8.45. The molecule has 1 fully saturated rings. The van der Waals surface area contributed by atoms with Gasteiger partial charge in [0.15, 0.2) is 0 Å². The van der Waals surface area contributed by atoms with Crippen molar-refractivity contribution in [2.45, 2.75) is 25.1 Å². The number of aromatic nitrogens is 2. The second-order valence-corrected chi connectivity index (χ2v) is 5.49. The highest BCUT2D eigenvalue weighted by atomic mass is 35.5. The van der Waals surface area contributed by atoms with E-state index in [1.165, 1.54) is 6.07 Å². The molecule has 1 aromatic rings. The minimum atomic E-state index is -4.58. The minimum absolute atomic E-state index is 0.134. The van der Waals surface area contributed by atoms with Crippen LogP contribution in [-0.2, 0) is 6.18 Å². The third-order valence-electron chi connectivity index (χ3n) is 2.46. The van der Waals surface area contributed by atoms with Crippen molar-refractivity contribution in [3.63, 3.8) is 0 Å². The highest BCUT2D eigenvalue weighted by molar-refractivity contribution is 7.99. The maximum absolute atomic E-state index is 12.5. The standard InChI is InChI=1S/C10H11ClF3N3S/c11-7-4-8(15-6-2-1-3-18-5-6)17-9(16-7)10(12,13)14/h4,6H,1-3,5H2,(H,15,16,17). The molecule has 0 radical (unpaired) electrons. The van der Waals surface area contributed by atoms with Crippen LogP contribution in [0.3, 0.4) is 0 Å². The molecule has 8 heteroatoms. The first-order valence-corrected chi connectivity index (χ1v) is 6.94. The lowest BCUT2D eigenvalue weighted by molar-refractivity contribution is -0.144. The quantitative estimate of drug-likeness (QED) is 0.849. The Hall–Kier alpha value is -0.690. The summed E-state index contributed by atoms with van der Waals surface area (Å²) in [7, 11) is 0. The van der Waals surface area contributed by atoms with Gasteiger partial charge in [-0.25, -0.2) is 9.97 Å². The van der Waals surface area contributed by atoms with E-state index in [1.807, 2.05) is 0 Å². The molecule has 1 atom stereocenters. The van der Waals surface area contributed by atoms with Crippen LogP contribution in [0.1, 0.15) is 18.7 Å². The van der Waals surface area contributed by atoms with Crippen LogP contribution in [0, 0.1) is 0 Å². The van der Waals surface area contributed by atoms with E-state index in [-0.39, 0.29) is 17.0 Å². The molecule has 1 aliphatic rings. The highest BCUT2D eigenvalue weighted by Gasteiger charge is 2.35.